The zero-order chi connectivity index (χ0) is 25.5. The van der Waals surface area contributed by atoms with Crippen LogP contribution in [0.25, 0.3) is 0 Å². The second-order valence-corrected chi connectivity index (χ2v) is 13.3. The third kappa shape index (κ3) is 5.36. The monoisotopic (exact) mass is 476 g/mol. The molecule has 0 bridgehead atoms. The molecule has 2 fully saturated rings. The van der Waals surface area contributed by atoms with E-state index in [1.165, 1.54) is 16.7 Å². The number of ether oxygens (including phenoxy) is 1. The maximum atomic E-state index is 11.6. The molecule has 3 aliphatic rings. The summed E-state index contributed by atoms with van der Waals surface area (Å²) in [5, 5.41) is 33.5. The third-order valence-corrected chi connectivity index (χ3v) is 10.0. The van der Waals surface area contributed by atoms with Crippen molar-refractivity contribution in [3.05, 3.63) is 22.8 Å². The Bertz CT molecular complexity index is 790. The van der Waals surface area contributed by atoms with Gasteiger partial charge in [0.25, 0.3) is 0 Å². The summed E-state index contributed by atoms with van der Waals surface area (Å²) in [5.41, 5.74) is 2.44. The molecule has 3 rings (SSSR count). The minimum absolute atomic E-state index is 0.0425. The highest BCUT2D eigenvalue weighted by molar-refractivity contribution is 5.26. The summed E-state index contributed by atoms with van der Waals surface area (Å²) in [6.07, 6.45) is 10.2. The first-order valence-electron chi connectivity index (χ1n) is 13.7. The van der Waals surface area contributed by atoms with Crippen LogP contribution in [0.15, 0.2) is 22.8 Å². The van der Waals surface area contributed by atoms with Crippen molar-refractivity contribution in [2.24, 2.45) is 16.7 Å². The second kappa shape index (κ2) is 10.00. The molecule has 1 saturated carbocycles. The van der Waals surface area contributed by atoms with Crippen molar-refractivity contribution >= 4 is 0 Å². The van der Waals surface area contributed by atoms with Gasteiger partial charge in [-0.15, -0.1) is 0 Å². The van der Waals surface area contributed by atoms with Crippen LogP contribution in [0, 0.1) is 16.7 Å². The van der Waals surface area contributed by atoms with E-state index < -0.39 is 17.3 Å². The summed E-state index contributed by atoms with van der Waals surface area (Å²) < 4.78 is 6.57. The number of allylic oxidation sites excluding steroid dienone is 3. The highest BCUT2D eigenvalue weighted by atomic mass is 16.5. The van der Waals surface area contributed by atoms with Gasteiger partial charge in [0.15, 0.2) is 0 Å². The Morgan fingerprint density at radius 2 is 1.68 bits per heavy atom. The fourth-order valence-electron chi connectivity index (χ4n) is 7.55. The van der Waals surface area contributed by atoms with Crippen molar-refractivity contribution in [1.82, 2.24) is 0 Å². The molecule has 0 aromatic rings. The average molecular weight is 477 g/mol. The molecule has 0 amide bonds. The highest BCUT2D eigenvalue weighted by Crippen LogP contribution is 2.56. The first-order valence-corrected chi connectivity index (χ1v) is 13.7. The Morgan fingerprint density at radius 3 is 2.32 bits per heavy atom. The predicted molar refractivity (Wildman–Crippen MR) is 140 cm³/mol. The molecule has 4 nitrogen and oxygen atoms in total. The molecule has 0 aromatic carbocycles. The second-order valence-electron chi connectivity index (χ2n) is 13.3. The fourth-order valence-corrected chi connectivity index (χ4v) is 7.55. The number of fused-ring (bicyclic) bond motifs is 1. The van der Waals surface area contributed by atoms with Crippen molar-refractivity contribution in [3.8, 4) is 0 Å². The van der Waals surface area contributed by atoms with Gasteiger partial charge in [-0.3, -0.25) is 0 Å². The van der Waals surface area contributed by atoms with Crippen molar-refractivity contribution in [1.29, 1.82) is 0 Å². The number of rotatable bonds is 6. The Hall–Kier alpha value is -0.680. The molecule has 1 aliphatic heterocycles. The molecule has 0 aromatic heterocycles. The lowest BCUT2D eigenvalue weighted by Crippen LogP contribution is -2.56. The first kappa shape index (κ1) is 27.9. The van der Waals surface area contributed by atoms with E-state index in [2.05, 4.69) is 40.7 Å². The van der Waals surface area contributed by atoms with E-state index in [-0.39, 0.29) is 29.0 Å². The van der Waals surface area contributed by atoms with Crippen LogP contribution in [-0.2, 0) is 4.74 Å². The van der Waals surface area contributed by atoms with Crippen LogP contribution in [0.2, 0.25) is 0 Å². The van der Waals surface area contributed by atoms with Crippen LogP contribution < -0.4 is 0 Å². The van der Waals surface area contributed by atoms with Gasteiger partial charge in [-0.2, -0.15) is 0 Å². The quantitative estimate of drug-likeness (QED) is 0.384. The van der Waals surface area contributed by atoms with Gasteiger partial charge < -0.3 is 20.1 Å². The Labute approximate surface area is 208 Å². The number of hydrogen-bond acceptors (Lipinski definition) is 4. The molecular formula is C30H52O4. The van der Waals surface area contributed by atoms with Crippen LogP contribution in [0.5, 0.6) is 0 Å². The van der Waals surface area contributed by atoms with Crippen LogP contribution in [0.1, 0.15) is 120 Å². The van der Waals surface area contributed by atoms with Crippen molar-refractivity contribution in [2.45, 2.75) is 149 Å². The van der Waals surface area contributed by atoms with Crippen molar-refractivity contribution < 1.29 is 20.1 Å². The lowest BCUT2D eigenvalue weighted by atomic mass is 9.55. The summed E-state index contributed by atoms with van der Waals surface area (Å²) >= 11 is 0. The van der Waals surface area contributed by atoms with Crippen LogP contribution in [0.3, 0.4) is 0 Å². The van der Waals surface area contributed by atoms with Crippen LogP contribution in [0.4, 0.5) is 0 Å². The van der Waals surface area contributed by atoms with Gasteiger partial charge in [0.1, 0.15) is 0 Å². The van der Waals surface area contributed by atoms with Gasteiger partial charge in [0, 0.05) is 5.41 Å². The minimum Gasteiger partial charge on any atom is -0.392 e. The third-order valence-electron chi connectivity index (χ3n) is 10.0. The number of aliphatic hydroxyl groups excluding tert-OH is 2. The maximum Gasteiger partial charge on any atom is 0.0888 e. The van der Waals surface area contributed by atoms with Crippen LogP contribution >= 0.6 is 0 Å². The van der Waals surface area contributed by atoms with E-state index in [4.69, 9.17) is 4.74 Å². The van der Waals surface area contributed by atoms with E-state index >= 15 is 0 Å². The topological polar surface area (TPSA) is 69.9 Å². The van der Waals surface area contributed by atoms with Crippen molar-refractivity contribution in [3.63, 3.8) is 0 Å². The van der Waals surface area contributed by atoms with Crippen molar-refractivity contribution in [2.75, 3.05) is 0 Å². The first-order chi connectivity index (χ1) is 15.6. The molecule has 7 atom stereocenters. The standard InChI is InChI=1S/C30H52O4/c1-20(2)10-9-17-28(6)22(21(3)11-14-25(28)32)12-13-23-29(7)18-15-24(31)27(4,5)34-26(29)16-19-30(23,8)33/h10,23-26,31-33H,9,11-19H2,1-8H3/t23-,24-,25+,26-,28-,29-,30-/m0/s1. The SMILES string of the molecule is CC(C)=CCC[C@@]1(C)C(CC[C@H]2[C@]3(C)CC[C@H](O)C(C)(C)O[C@H]3CC[C@]2(C)O)=C(C)CC[C@H]1O. The van der Waals surface area contributed by atoms with E-state index in [0.29, 0.717) is 6.42 Å². The molecule has 4 heteroatoms. The van der Waals surface area contributed by atoms with Gasteiger partial charge in [0.2, 0.25) is 0 Å². The predicted octanol–water partition coefficient (Wildman–Crippen LogP) is 6.48. The molecule has 1 saturated heterocycles. The van der Waals surface area contributed by atoms with Gasteiger partial charge >= 0.3 is 0 Å². The zero-order valence-electron chi connectivity index (χ0n) is 23.2. The zero-order valence-corrected chi connectivity index (χ0v) is 23.2. The lowest BCUT2D eigenvalue weighted by molar-refractivity contribution is -0.205. The summed E-state index contributed by atoms with van der Waals surface area (Å²) in [6, 6.07) is 0. The van der Waals surface area contributed by atoms with Gasteiger partial charge in [-0.1, -0.05) is 36.6 Å². The molecular weight excluding hydrogens is 424 g/mol. The van der Waals surface area contributed by atoms with Gasteiger partial charge in [-0.05, 0) is 117 Å². The number of aliphatic hydroxyl groups is 3. The molecule has 0 spiro atoms. The van der Waals surface area contributed by atoms with E-state index in [1.807, 2.05) is 20.8 Å². The highest BCUT2D eigenvalue weighted by Gasteiger charge is 2.56. The van der Waals surface area contributed by atoms with E-state index in [0.717, 1.165) is 57.8 Å². The minimum atomic E-state index is -0.756. The summed E-state index contributed by atoms with van der Waals surface area (Å²) in [4.78, 5) is 0. The number of hydrogen-bond donors (Lipinski definition) is 3. The normalized spacial score (nSPS) is 42.7. The Kier molecular flexibility index (Phi) is 8.20. The maximum absolute atomic E-state index is 11.6. The smallest absolute Gasteiger partial charge is 0.0888 e. The summed E-state index contributed by atoms with van der Waals surface area (Å²) in [5.74, 6) is 0.0845. The Balaban J connectivity index is 1.87. The molecule has 196 valence electrons. The molecule has 0 unspecified atom stereocenters. The molecule has 1 heterocycles. The van der Waals surface area contributed by atoms with E-state index in [1.54, 1.807) is 0 Å². The Morgan fingerprint density at radius 1 is 1.00 bits per heavy atom. The molecule has 2 aliphatic carbocycles. The van der Waals surface area contributed by atoms with Gasteiger partial charge in [0.05, 0.1) is 29.5 Å². The summed E-state index contributed by atoms with van der Waals surface area (Å²) in [7, 11) is 0. The largest absolute Gasteiger partial charge is 0.392 e. The molecule has 0 radical (unpaired) electrons. The van der Waals surface area contributed by atoms with Crippen LogP contribution in [-0.4, -0.2) is 44.8 Å². The fraction of sp³-hybridized carbons (Fsp3) is 0.867. The molecule has 34 heavy (non-hydrogen) atoms. The lowest BCUT2D eigenvalue weighted by Gasteiger charge is -2.54. The van der Waals surface area contributed by atoms with Gasteiger partial charge in [-0.25, -0.2) is 0 Å². The molecule has 3 N–H and O–H groups in total. The van der Waals surface area contributed by atoms with E-state index in [9.17, 15) is 15.3 Å². The average Bonchev–Trinajstić information content (AvgIpc) is 2.81. The summed E-state index contributed by atoms with van der Waals surface area (Å²) in [6.45, 7) is 17.1.